The summed E-state index contributed by atoms with van der Waals surface area (Å²) in [5.74, 6) is 1.39. The fourth-order valence-electron chi connectivity index (χ4n) is 2.25. The van der Waals surface area contributed by atoms with Gasteiger partial charge in [0, 0.05) is 25.6 Å². The Bertz CT molecular complexity index is 186. The van der Waals surface area contributed by atoms with Crippen LogP contribution in [0.4, 0.5) is 0 Å². The molecule has 1 fully saturated rings. The number of aliphatic imine (C=N–C) groups is 1. The summed E-state index contributed by atoms with van der Waals surface area (Å²) in [6, 6.07) is 0.742. The van der Waals surface area contributed by atoms with Gasteiger partial charge >= 0.3 is 0 Å². The zero-order valence-electron chi connectivity index (χ0n) is 7.92. The summed E-state index contributed by atoms with van der Waals surface area (Å²) in [5.41, 5.74) is 0. The van der Waals surface area contributed by atoms with Crippen LogP contribution < -0.4 is 0 Å². The third-order valence-electron chi connectivity index (χ3n) is 2.99. The molecule has 12 heavy (non-hydrogen) atoms. The number of hydrogen-bond acceptors (Lipinski definition) is 2. The molecule has 2 aliphatic rings. The van der Waals surface area contributed by atoms with Crippen LogP contribution in [0.25, 0.3) is 0 Å². The van der Waals surface area contributed by atoms with Crippen LogP contribution >= 0.6 is 0 Å². The molecule has 0 aliphatic carbocycles. The van der Waals surface area contributed by atoms with E-state index in [1.165, 1.54) is 44.5 Å². The first-order valence-electron chi connectivity index (χ1n) is 5.18. The monoisotopic (exact) mass is 166 g/mol. The Labute approximate surface area is 74.7 Å². The van der Waals surface area contributed by atoms with Gasteiger partial charge in [0.2, 0.25) is 0 Å². The number of nitrogens with zero attached hydrogens (tertiary/aromatic N) is 2. The second kappa shape index (κ2) is 3.46. The Balaban J connectivity index is 2.14. The number of amidine groups is 1. The zero-order valence-corrected chi connectivity index (χ0v) is 7.92. The predicted octanol–water partition coefficient (Wildman–Crippen LogP) is 2.05. The van der Waals surface area contributed by atoms with Crippen molar-refractivity contribution in [2.24, 2.45) is 4.99 Å². The lowest BCUT2D eigenvalue weighted by Gasteiger charge is -2.32. The molecule has 0 aromatic heterocycles. The van der Waals surface area contributed by atoms with Gasteiger partial charge in [0.1, 0.15) is 0 Å². The lowest BCUT2D eigenvalue weighted by Crippen LogP contribution is -2.40. The highest BCUT2D eigenvalue weighted by Gasteiger charge is 2.22. The molecule has 1 atom stereocenters. The zero-order chi connectivity index (χ0) is 8.39. The first-order chi connectivity index (χ1) is 5.88. The van der Waals surface area contributed by atoms with Crippen LogP contribution in [0.3, 0.4) is 0 Å². The quantitative estimate of drug-likeness (QED) is 0.538. The molecule has 0 N–H and O–H groups in total. The maximum absolute atomic E-state index is 4.60. The molecule has 2 nitrogen and oxygen atoms in total. The molecule has 0 radical (unpaired) electrons. The molecule has 2 heterocycles. The van der Waals surface area contributed by atoms with Gasteiger partial charge in [-0.25, -0.2) is 0 Å². The summed E-state index contributed by atoms with van der Waals surface area (Å²) in [6.45, 7) is 4.66. The van der Waals surface area contributed by atoms with Gasteiger partial charge in [0.05, 0.1) is 5.84 Å². The minimum atomic E-state index is 0.742. The van der Waals surface area contributed by atoms with Crippen LogP contribution in [0.2, 0.25) is 0 Å². The molecular weight excluding hydrogens is 148 g/mol. The summed E-state index contributed by atoms with van der Waals surface area (Å²) in [5, 5.41) is 0. The van der Waals surface area contributed by atoms with E-state index < -0.39 is 0 Å². The van der Waals surface area contributed by atoms with E-state index >= 15 is 0 Å². The van der Waals surface area contributed by atoms with Crippen molar-refractivity contribution < 1.29 is 0 Å². The van der Waals surface area contributed by atoms with Gasteiger partial charge in [-0.05, 0) is 26.2 Å². The average molecular weight is 166 g/mol. The van der Waals surface area contributed by atoms with Crippen molar-refractivity contribution >= 4 is 5.84 Å². The highest BCUT2D eigenvalue weighted by atomic mass is 15.2. The molecule has 2 rings (SSSR count). The Morgan fingerprint density at radius 1 is 1.33 bits per heavy atom. The van der Waals surface area contributed by atoms with E-state index in [0.29, 0.717) is 0 Å². The minimum absolute atomic E-state index is 0.742. The first-order valence-corrected chi connectivity index (χ1v) is 5.18. The maximum Gasteiger partial charge on any atom is 0.0991 e. The van der Waals surface area contributed by atoms with Crippen LogP contribution in [0.1, 0.15) is 39.0 Å². The normalized spacial score (nSPS) is 30.6. The van der Waals surface area contributed by atoms with Crippen molar-refractivity contribution in [3.05, 3.63) is 0 Å². The van der Waals surface area contributed by atoms with E-state index in [1.807, 2.05) is 0 Å². The Morgan fingerprint density at radius 2 is 2.25 bits per heavy atom. The second-order valence-corrected chi connectivity index (χ2v) is 3.94. The standard InChI is InChI=1S/C10H18N2/c1-9-5-2-3-6-10-11-7-4-8-12(9)10/h9H,2-8H2,1H3. The van der Waals surface area contributed by atoms with Gasteiger partial charge in [-0.15, -0.1) is 0 Å². The number of fused-ring (bicyclic) bond motifs is 1. The molecule has 0 amide bonds. The van der Waals surface area contributed by atoms with Gasteiger partial charge in [-0.2, -0.15) is 0 Å². The molecule has 0 aromatic rings. The predicted molar refractivity (Wildman–Crippen MR) is 51.6 cm³/mol. The molecule has 0 bridgehead atoms. The van der Waals surface area contributed by atoms with E-state index in [0.717, 1.165) is 12.6 Å². The maximum atomic E-state index is 4.60. The number of hydrogen-bond donors (Lipinski definition) is 0. The minimum Gasteiger partial charge on any atom is -0.358 e. The van der Waals surface area contributed by atoms with Crippen LogP contribution in [-0.4, -0.2) is 29.9 Å². The average Bonchev–Trinajstić information content (AvgIpc) is 2.29. The van der Waals surface area contributed by atoms with Crippen LogP contribution in [0, 0.1) is 0 Å². The Hall–Kier alpha value is -0.530. The van der Waals surface area contributed by atoms with Crippen molar-refractivity contribution in [2.75, 3.05) is 13.1 Å². The van der Waals surface area contributed by atoms with Crippen LogP contribution in [0.5, 0.6) is 0 Å². The largest absolute Gasteiger partial charge is 0.358 e. The fraction of sp³-hybridized carbons (Fsp3) is 0.900. The topological polar surface area (TPSA) is 15.6 Å². The third-order valence-corrected chi connectivity index (χ3v) is 2.99. The first kappa shape index (κ1) is 8.09. The summed E-state index contributed by atoms with van der Waals surface area (Å²) in [6.07, 6.45) is 6.58. The fourth-order valence-corrected chi connectivity index (χ4v) is 2.25. The van der Waals surface area contributed by atoms with Crippen molar-refractivity contribution in [3.63, 3.8) is 0 Å². The summed E-state index contributed by atoms with van der Waals surface area (Å²) >= 11 is 0. The molecule has 68 valence electrons. The van der Waals surface area contributed by atoms with Crippen LogP contribution in [-0.2, 0) is 0 Å². The SMILES string of the molecule is CC1CCCCC2=NCCCN21. The molecule has 2 aliphatic heterocycles. The molecule has 0 aromatic carbocycles. The molecule has 0 saturated carbocycles. The highest BCUT2D eigenvalue weighted by Crippen LogP contribution is 2.20. The molecular formula is C10H18N2. The lowest BCUT2D eigenvalue weighted by atomic mass is 10.1. The van der Waals surface area contributed by atoms with Crippen molar-refractivity contribution in [1.29, 1.82) is 0 Å². The van der Waals surface area contributed by atoms with Gasteiger partial charge in [0.25, 0.3) is 0 Å². The van der Waals surface area contributed by atoms with Gasteiger partial charge < -0.3 is 4.90 Å². The summed E-state index contributed by atoms with van der Waals surface area (Å²) < 4.78 is 0. The molecule has 1 saturated heterocycles. The lowest BCUT2D eigenvalue weighted by molar-refractivity contribution is 0.304. The van der Waals surface area contributed by atoms with Crippen molar-refractivity contribution in [3.8, 4) is 0 Å². The second-order valence-electron chi connectivity index (χ2n) is 3.94. The molecule has 1 unspecified atom stereocenters. The smallest absolute Gasteiger partial charge is 0.0991 e. The van der Waals surface area contributed by atoms with Gasteiger partial charge in [-0.3, -0.25) is 4.99 Å². The van der Waals surface area contributed by atoms with Crippen molar-refractivity contribution in [2.45, 2.75) is 45.1 Å². The van der Waals surface area contributed by atoms with E-state index in [4.69, 9.17) is 0 Å². The Kier molecular flexibility index (Phi) is 2.33. The Morgan fingerprint density at radius 3 is 3.17 bits per heavy atom. The third kappa shape index (κ3) is 1.47. The summed E-state index contributed by atoms with van der Waals surface area (Å²) in [7, 11) is 0. The van der Waals surface area contributed by atoms with Crippen molar-refractivity contribution in [1.82, 2.24) is 4.90 Å². The molecule has 2 heteroatoms. The number of rotatable bonds is 0. The summed E-state index contributed by atoms with van der Waals surface area (Å²) in [4.78, 5) is 7.13. The van der Waals surface area contributed by atoms with Gasteiger partial charge in [0.15, 0.2) is 0 Å². The highest BCUT2D eigenvalue weighted by molar-refractivity contribution is 5.83. The van der Waals surface area contributed by atoms with E-state index in [1.54, 1.807) is 0 Å². The van der Waals surface area contributed by atoms with E-state index in [-0.39, 0.29) is 0 Å². The van der Waals surface area contributed by atoms with E-state index in [9.17, 15) is 0 Å². The van der Waals surface area contributed by atoms with Crippen LogP contribution in [0.15, 0.2) is 4.99 Å². The van der Waals surface area contributed by atoms with E-state index in [2.05, 4.69) is 16.8 Å². The molecule has 0 spiro atoms. The van der Waals surface area contributed by atoms with Gasteiger partial charge in [-0.1, -0.05) is 6.42 Å².